The van der Waals surface area contributed by atoms with E-state index in [0.717, 1.165) is 31.6 Å². The number of amides is 1. The van der Waals surface area contributed by atoms with E-state index in [1.54, 1.807) is 11.3 Å². The molecule has 3 heterocycles. The number of nitrogens with one attached hydrogen (secondary N) is 1. The standard InChI is InChI=1S/C18H24N4OS/c1-11-9-15-5-7-22(8-6-16(15)12(2)20-11)13(3)17-10-19-18(24-17)21-14(4)23/h9-10,13H,5-8H2,1-4H3,(H,19,21,23). The minimum atomic E-state index is -0.0767. The van der Waals surface area contributed by atoms with E-state index in [9.17, 15) is 4.79 Å². The lowest BCUT2D eigenvalue weighted by atomic mass is 10.0. The van der Waals surface area contributed by atoms with E-state index in [2.05, 4.69) is 47.0 Å². The Labute approximate surface area is 147 Å². The summed E-state index contributed by atoms with van der Waals surface area (Å²) in [5, 5.41) is 3.44. The van der Waals surface area contributed by atoms with Gasteiger partial charge in [-0.3, -0.25) is 14.7 Å². The van der Waals surface area contributed by atoms with E-state index in [1.165, 1.54) is 28.6 Å². The fourth-order valence-corrected chi connectivity index (χ4v) is 4.34. The molecule has 5 nitrogen and oxygen atoms in total. The first-order chi connectivity index (χ1) is 11.4. The number of carbonyl (C=O) groups excluding carboxylic acids is 1. The normalized spacial score (nSPS) is 16.3. The highest BCUT2D eigenvalue weighted by molar-refractivity contribution is 7.15. The van der Waals surface area contributed by atoms with Crippen LogP contribution in [0.2, 0.25) is 0 Å². The van der Waals surface area contributed by atoms with Crippen molar-refractivity contribution < 1.29 is 4.79 Å². The van der Waals surface area contributed by atoms with Crippen molar-refractivity contribution >= 4 is 22.4 Å². The maximum Gasteiger partial charge on any atom is 0.223 e. The second-order valence-electron chi connectivity index (χ2n) is 6.45. The molecule has 0 spiro atoms. The number of nitrogens with zero attached hydrogens (tertiary/aromatic N) is 3. The van der Waals surface area contributed by atoms with Gasteiger partial charge in [0.2, 0.25) is 5.91 Å². The van der Waals surface area contributed by atoms with Crippen LogP contribution in [0.1, 0.15) is 47.3 Å². The van der Waals surface area contributed by atoms with E-state index in [0.29, 0.717) is 11.2 Å². The number of rotatable bonds is 3. The fourth-order valence-electron chi connectivity index (χ4n) is 3.39. The van der Waals surface area contributed by atoms with Crippen LogP contribution < -0.4 is 5.32 Å². The molecule has 0 fully saturated rings. The molecule has 24 heavy (non-hydrogen) atoms. The topological polar surface area (TPSA) is 58.1 Å². The van der Waals surface area contributed by atoms with Crippen molar-refractivity contribution in [1.29, 1.82) is 0 Å². The van der Waals surface area contributed by atoms with Crippen molar-refractivity contribution in [3.05, 3.63) is 39.7 Å². The molecule has 1 aliphatic rings. The van der Waals surface area contributed by atoms with Crippen molar-refractivity contribution in [3.63, 3.8) is 0 Å². The van der Waals surface area contributed by atoms with E-state index in [-0.39, 0.29) is 5.91 Å². The van der Waals surface area contributed by atoms with Gasteiger partial charge in [0.05, 0.1) is 0 Å². The SMILES string of the molecule is CC(=O)Nc1ncc(C(C)N2CCc3cc(C)nc(C)c3CC2)s1. The van der Waals surface area contributed by atoms with Gasteiger partial charge in [-0.2, -0.15) is 0 Å². The van der Waals surface area contributed by atoms with Crippen molar-refractivity contribution in [2.24, 2.45) is 0 Å². The minimum Gasteiger partial charge on any atom is -0.302 e. The summed E-state index contributed by atoms with van der Waals surface area (Å²) in [5.41, 5.74) is 5.14. The minimum absolute atomic E-state index is 0.0767. The van der Waals surface area contributed by atoms with Gasteiger partial charge in [0.15, 0.2) is 5.13 Å². The Morgan fingerprint density at radius 2 is 2.08 bits per heavy atom. The first-order valence-corrected chi connectivity index (χ1v) is 9.19. The van der Waals surface area contributed by atoms with Crippen LogP contribution in [0.25, 0.3) is 0 Å². The lowest BCUT2D eigenvalue weighted by molar-refractivity contribution is -0.114. The van der Waals surface area contributed by atoms with Gasteiger partial charge in [-0.25, -0.2) is 4.98 Å². The monoisotopic (exact) mass is 344 g/mol. The van der Waals surface area contributed by atoms with Crippen LogP contribution >= 0.6 is 11.3 Å². The van der Waals surface area contributed by atoms with E-state index in [4.69, 9.17) is 0 Å². The summed E-state index contributed by atoms with van der Waals surface area (Å²) in [5.74, 6) is -0.0767. The quantitative estimate of drug-likeness (QED) is 0.928. The second kappa shape index (κ2) is 6.99. The molecular weight excluding hydrogens is 320 g/mol. The number of thiazole rings is 1. The van der Waals surface area contributed by atoms with Gasteiger partial charge in [0, 0.05) is 48.5 Å². The van der Waals surface area contributed by atoms with Gasteiger partial charge in [-0.1, -0.05) is 0 Å². The lowest BCUT2D eigenvalue weighted by Crippen LogP contribution is -2.29. The number of hydrogen-bond acceptors (Lipinski definition) is 5. The van der Waals surface area contributed by atoms with E-state index in [1.807, 2.05) is 6.20 Å². The molecule has 0 aromatic carbocycles. The highest BCUT2D eigenvalue weighted by Crippen LogP contribution is 2.30. The molecule has 1 unspecified atom stereocenters. The molecule has 0 radical (unpaired) electrons. The molecule has 6 heteroatoms. The smallest absolute Gasteiger partial charge is 0.223 e. The molecule has 0 saturated heterocycles. The van der Waals surface area contributed by atoms with Crippen molar-refractivity contribution in [1.82, 2.24) is 14.9 Å². The zero-order valence-corrected chi connectivity index (χ0v) is 15.5. The highest BCUT2D eigenvalue weighted by Gasteiger charge is 2.22. The summed E-state index contributed by atoms with van der Waals surface area (Å²) in [7, 11) is 0. The molecule has 1 atom stereocenters. The average molecular weight is 344 g/mol. The van der Waals surface area contributed by atoms with Gasteiger partial charge >= 0.3 is 0 Å². The third-order valence-corrected chi connectivity index (χ3v) is 5.72. The van der Waals surface area contributed by atoms with Gasteiger partial charge < -0.3 is 5.32 Å². The zero-order chi connectivity index (χ0) is 17.3. The maximum absolute atomic E-state index is 11.2. The number of hydrogen-bond donors (Lipinski definition) is 1. The van der Waals surface area contributed by atoms with Crippen LogP contribution in [0.3, 0.4) is 0 Å². The fraction of sp³-hybridized carbons (Fsp3) is 0.500. The first kappa shape index (κ1) is 17.0. The third-order valence-electron chi connectivity index (χ3n) is 4.63. The predicted molar refractivity (Wildman–Crippen MR) is 97.5 cm³/mol. The predicted octanol–water partition coefficient (Wildman–Crippen LogP) is 3.28. The van der Waals surface area contributed by atoms with Crippen LogP contribution in [0.4, 0.5) is 5.13 Å². The number of fused-ring (bicyclic) bond motifs is 1. The first-order valence-electron chi connectivity index (χ1n) is 8.37. The summed E-state index contributed by atoms with van der Waals surface area (Å²) < 4.78 is 0. The molecule has 2 aromatic heterocycles. The average Bonchev–Trinajstić information content (AvgIpc) is 2.85. The Morgan fingerprint density at radius 3 is 2.83 bits per heavy atom. The number of carbonyl (C=O) groups is 1. The zero-order valence-electron chi connectivity index (χ0n) is 14.7. The molecule has 1 aliphatic heterocycles. The molecule has 0 aliphatic carbocycles. The summed E-state index contributed by atoms with van der Waals surface area (Å²) in [6.07, 6.45) is 3.98. The van der Waals surface area contributed by atoms with Crippen LogP contribution in [0, 0.1) is 13.8 Å². The molecule has 1 amide bonds. The van der Waals surface area contributed by atoms with E-state index >= 15 is 0 Å². The Balaban J connectivity index is 1.73. The highest BCUT2D eigenvalue weighted by atomic mass is 32.1. The Bertz CT molecular complexity index is 755. The summed E-state index contributed by atoms with van der Waals surface area (Å²) >= 11 is 1.56. The van der Waals surface area contributed by atoms with Crippen LogP contribution in [-0.4, -0.2) is 33.9 Å². The Morgan fingerprint density at radius 1 is 1.33 bits per heavy atom. The van der Waals surface area contributed by atoms with Crippen molar-refractivity contribution in [2.45, 2.75) is 46.6 Å². The number of anilines is 1. The summed E-state index contributed by atoms with van der Waals surface area (Å²) in [4.78, 5) is 23.8. The summed E-state index contributed by atoms with van der Waals surface area (Å²) in [6, 6.07) is 2.53. The van der Waals surface area contributed by atoms with Crippen molar-refractivity contribution in [3.8, 4) is 0 Å². The molecule has 0 saturated carbocycles. The molecule has 3 rings (SSSR count). The number of pyridine rings is 1. The lowest BCUT2D eigenvalue weighted by Gasteiger charge is -2.26. The van der Waals surface area contributed by atoms with Gasteiger partial charge in [0.25, 0.3) is 0 Å². The van der Waals surface area contributed by atoms with Crippen LogP contribution in [-0.2, 0) is 17.6 Å². The van der Waals surface area contributed by atoms with E-state index < -0.39 is 0 Å². The van der Waals surface area contributed by atoms with Gasteiger partial charge in [0.1, 0.15) is 0 Å². The summed E-state index contributed by atoms with van der Waals surface area (Å²) in [6.45, 7) is 9.97. The molecule has 2 aromatic rings. The third kappa shape index (κ3) is 3.65. The molecule has 0 bridgehead atoms. The second-order valence-corrected chi connectivity index (χ2v) is 7.51. The van der Waals surface area contributed by atoms with Gasteiger partial charge in [-0.05, 0) is 50.8 Å². The number of aromatic nitrogens is 2. The number of aryl methyl sites for hydroxylation is 2. The van der Waals surface area contributed by atoms with Crippen LogP contribution in [0.5, 0.6) is 0 Å². The van der Waals surface area contributed by atoms with Crippen molar-refractivity contribution in [2.75, 3.05) is 18.4 Å². The molecule has 1 N–H and O–H groups in total. The maximum atomic E-state index is 11.2. The molecule has 128 valence electrons. The Hall–Kier alpha value is -1.79. The largest absolute Gasteiger partial charge is 0.302 e. The van der Waals surface area contributed by atoms with Gasteiger partial charge in [-0.15, -0.1) is 11.3 Å². The molecular formula is C18H24N4OS. The van der Waals surface area contributed by atoms with Crippen LogP contribution in [0.15, 0.2) is 12.3 Å². The Kier molecular flexibility index (Phi) is 4.96.